The predicted molar refractivity (Wildman–Crippen MR) is 129 cm³/mol. The van der Waals surface area contributed by atoms with E-state index in [0.717, 1.165) is 24.0 Å². The van der Waals surface area contributed by atoms with Gasteiger partial charge in [-0.1, -0.05) is 39.8 Å². The van der Waals surface area contributed by atoms with Crippen molar-refractivity contribution in [3.63, 3.8) is 0 Å². The van der Waals surface area contributed by atoms with Crippen LogP contribution in [0.3, 0.4) is 0 Å². The van der Waals surface area contributed by atoms with Crippen LogP contribution in [0.15, 0.2) is 40.8 Å². The molecule has 0 atom stereocenters. The predicted octanol–water partition coefficient (Wildman–Crippen LogP) is 6.97. The van der Waals surface area contributed by atoms with Crippen LogP contribution in [0.2, 0.25) is 0 Å². The summed E-state index contributed by atoms with van der Waals surface area (Å²) in [6, 6.07) is 8.62. The summed E-state index contributed by atoms with van der Waals surface area (Å²) in [4.78, 5) is 22.9. The summed E-state index contributed by atoms with van der Waals surface area (Å²) in [7, 11) is 0. The van der Waals surface area contributed by atoms with E-state index in [0.29, 0.717) is 24.3 Å². The monoisotopic (exact) mass is 482 g/mol. The smallest absolute Gasteiger partial charge is 0.295 e. The Morgan fingerprint density at radius 1 is 1.03 bits per heavy atom. The topological polar surface area (TPSA) is 85.4 Å². The standard InChI is InChI=1S/C27H28F2N2O4/c1-15-10-18-19(27(4,5)9-8-26(18,2)3)12-16(15)11-17-6-7-24(35-17)25(32)30-22-13-20(28)21(29)14-23(22)31(33)34/h6-7,10,12-14H,8-9,11H2,1-5H3,(H,30,32). The number of fused-ring (bicyclic) bond motifs is 1. The van der Waals surface area contributed by atoms with E-state index in [1.54, 1.807) is 6.07 Å². The van der Waals surface area contributed by atoms with Gasteiger partial charge in [-0.3, -0.25) is 14.9 Å². The number of benzene rings is 2. The molecular weight excluding hydrogens is 454 g/mol. The highest BCUT2D eigenvalue weighted by molar-refractivity contribution is 6.03. The number of aryl methyl sites for hydroxylation is 1. The average molecular weight is 483 g/mol. The summed E-state index contributed by atoms with van der Waals surface area (Å²) in [6.07, 6.45) is 2.68. The Kier molecular flexibility index (Phi) is 6.03. The highest BCUT2D eigenvalue weighted by Crippen LogP contribution is 2.46. The van der Waals surface area contributed by atoms with Crippen LogP contribution < -0.4 is 5.32 Å². The Hall–Kier alpha value is -3.55. The van der Waals surface area contributed by atoms with Gasteiger partial charge in [0.15, 0.2) is 17.4 Å². The molecule has 0 saturated heterocycles. The van der Waals surface area contributed by atoms with Gasteiger partial charge in [-0.2, -0.15) is 0 Å². The first kappa shape index (κ1) is 24.6. The van der Waals surface area contributed by atoms with E-state index in [1.807, 2.05) is 0 Å². The van der Waals surface area contributed by atoms with Gasteiger partial charge in [-0.05, 0) is 65.0 Å². The van der Waals surface area contributed by atoms with Crippen molar-refractivity contribution in [3.8, 4) is 0 Å². The molecule has 1 N–H and O–H groups in total. The lowest BCUT2D eigenvalue weighted by Crippen LogP contribution is -2.34. The molecule has 0 spiro atoms. The number of nitro benzene ring substituents is 1. The number of amides is 1. The van der Waals surface area contributed by atoms with Crippen molar-refractivity contribution in [3.05, 3.63) is 91.9 Å². The number of rotatable bonds is 5. The largest absolute Gasteiger partial charge is 0.456 e. The number of nitro groups is 1. The number of anilines is 1. The van der Waals surface area contributed by atoms with Crippen LogP contribution >= 0.6 is 0 Å². The second-order valence-electron chi connectivity index (χ2n) is 10.5. The van der Waals surface area contributed by atoms with Gasteiger partial charge in [0.25, 0.3) is 11.6 Å². The first-order valence-electron chi connectivity index (χ1n) is 11.5. The molecule has 1 aliphatic carbocycles. The van der Waals surface area contributed by atoms with Crippen molar-refractivity contribution in [2.75, 3.05) is 5.32 Å². The fourth-order valence-corrected chi connectivity index (χ4v) is 4.71. The number of furan rings is 1. The van der Waals surface area contributed by atoms with Crippen LogP contribution in [0.4, 0.5) is 20.2 Å². The van der Waals surface area contributed by atoms with Crippen molar-refractivity contribution >= 4 is 17.3 Å². The molecule has 0 aliphatic heterocycles. The lowest BCUT2D eigenvalue weighted by molar-refractivity contribution is -0.384. The Morgan fingerprint density at radius 2 is 1.63 bits per heavy atom. The van der Waals surface area contributed by atoms with E-state index in [9.17, 15) is 23.7 Å². The Labute approximate surface area is 202 Å². The first-order valence-corrected chi connectivity index (χ1v) is 11.5. The maximum absolute atomic E-state index is 13.6. The fraction of sp³-hybridized carbons (Fsp3) is 0.370. The SMILES string of the molecule is Cc1cc2c(cc1Cc1ccc(C(=O)Nc3cc(F)c(F)cc3[N+](=O)[O-])o1)C(C)(C)CCC2(C)C. The van der Waals surface area contributed by atoms with Crippen LogP contribution in [0, 0.1) is 28.7 Å². The van der Waals surface area contributed by atoms with Gasteiger partial charge in [0.05, 0.1) is 11.0 Å². The van der Waals surface area contributed by atoms with Crippen molar-refractivity contribution in [2.24, 2.45) is 0 Å². The molecule has 184 valence electrons. The summed E-state index contributed by atoms with van der Waals surface area (Å²) in [5, 5.41) is 13.4. The molecule has 8 heteroatoms. The number of carbonyl (C=O) groups excluding carboxylic acids is 1. The van der Waals surface area contributed by atoms with Crippen LogP contribution in [0.25, 0.3) is 0 Å². The molecule has 0 fully saturated rings. The molecule has 0 bridgehead atoms. The molecule has 35 heavy (non-hydrogen) atoms. The summed E-state index contributed by atoms with van der Waals surface area (Å²) in [5.41, 5.74) is 3.87. The Bertz CT molecular complexity index is 1340. The minimum Gasteiger partial charge on any atom is -0.456 e. The highest BCUT2D eigenvalue weighted by Gasteiger charge is 2.37. The minimum absolute atomic E-state index is 0.0562. The van der Waals surface area contributed by atoms with Crippen molar-refractivity contribution in [1.82, 2.24) is 0 Å². The van der Waals surface area contributed by atoms with Crippen molar-refractivity contribution < 1.29 is 22.9 Å². The lowest BCUT2D eigenvalue weighted by Gasteiger charge is -2.42. The molecule has 1 heterocycles. The molecular formula is C27H28F2N2O4. The van der Waals surface area contributed by atoms with E-state index in [-0.39, 0.29) is 16.6 Å². The molecule has 0 saturated carbocycles. The number of hydrogen-bond donors (Lipinski definition) is 1. The zero-order valence-corrected chi connectivity index (χ0v) is 20.4. The number of nitrogens with one attached hydrogen (secondary N) is 1. The van der Waals surface area contributed by atoms with Gasteiger partial charge in [0, 0.05) is 12.5 Å². The van der Waals surface area contributed by atoms with E-state index >= 15 is 0 Å². The molecule has 1 aliphatic rings. The fourth-order valence-electron chi connectivity index (χ4n) is 4.71. The third kappa shape index (κ3) is 4.70. The maximum atomic E-state index is 13.6. The molecule has 1 aromatic heterocycles. The Morgan fingerprint density at radius 3 is 2.26 bits per heavy atom. The number of nitrogens with zero attached hydrogens (tertiary/aromatic N) is 1. The van der Waals surface area contributed by atoms with Crippen LogP contribution in [0.5, 0.6) is 0 Å². The summed E-state index contributed by atoms with van der Waals surface area (Å²) >= 11 is 0. The molecule has 0 radical (unpaired) electrons. The maximum Gasteiger partial charge on any atom is 0.295 e. The normalized spacial score (nSPS) is 16.0. The van der Waals surface area contributed by atoms with Gasteiger partial charge in [0.1, 0.15) is 11.4 Å². The molecule has 6 nitrogen and oxygen atoms in total. The quantitative estimate of drug-likeness (QED) is 0.314. The molecule has 4 rings (SSSR count). The van der Waals surface area contributed by atoms with E-state index in [1.165, 1.54) is 17.2 Å². The summed E-state index contributed by atoms with van der Waals surface area (Å²) < 4.78 is 32.7. The van der Waals surface area contributed by atoms with Crippen molar-refractivity contribution in [1.29, 1.82) is 0 Å². The van der Waals surface area contributed by atoms with E-state index in [4.69, 9.17) is 4.42 Å². The van der Waals surface area contributed by atoms with Gasteiger partial charge >= 0.3 is 0 Å². The summed E-state index contributed by atoms with van der Waals surface area (Å²) in [5.74, 6) is -3.01. The zero-order valence-electron chi connectivity index (χ0n) is 20.4. The van der Waals surface area contributed by atoms with Gasteiger partial charge in [-0.25, -0.2) is 8.78 Å². The van der Waals surface area contributed by atoms with Crippen LogP contribution in [-0.4, -0.2) is 10.8 Å². The third-order valence-electron chi connectivity index (χ3n) is 7.04. The van der Waals surface area contributed by atoms with Crippen LogP contribution in [-0.2, 0) is 17.3 Å². The second kappa shape index (κ2) is 8.59. The number of hydrogen-bond acceptors (Lipinski definition) is 4. The van der Waals surface area contributed by atoms with E-state index < -0.39 is 33.8 Å². The zero-order chi connectivity index (χ0) is 25.7. The molecule has 0 unspecified atom stereocenters. The average Bonchev–Trinajstić information content (AvgIpc) is 3.23. The van der Waals surface area contributed by atoms with Gasteiger partial charge < -0.3 is 9.73 Å². The third-order valence-corrected chi connectivity index (χ3v) is 7.04. The van der Waals surface area contributed by atoms with E-state index in [2.05, 4.69) is 52.1 Å². The minimum atomic E-state index is -1.37. The van der Waals surface area contributed by atoms with Gasteiger partial charge in [-0.15, -0.1) is 0 Å². The van der Waals surface area contributed by atoms with Gasteiger partial charge in [0.2, 0.25) is 0 Å². The molecule has 1 amide bonds. The molecule has 3 aromatic rings. The second-order valence-corrected chi connectivity index (χ2v) is 10.5. The summed E-state index contributed by atoms with van der Waals surface area (Å²) in [6.45, 7) is 11.1. The van der Waals surface area contributed by atoms with Crippen molar-refractivity contribution in [2.45, 2.75) is 64.7 Å². The van der Waals surface area contributed by atoms with Crippen LogP contribution in [0.1, 0.15) is 79.1 Å². The Balaban J connectivity index is 1.58. The first-order chi connectivity index (χ1) is 16.3. The highest BCUT2D eigenvalue weighted by atomic mass is 19.2. The molecule has 2 aromatic carbocycles. The number of carbonyl (C=O) groups is 1. The number of halogens is 2. The lowest BCUT2D eigenvalue weighted by atomic mass is 9.62.